The zero-order valence-electron chi connectivity index (χ0n) is 65.4. The summed E-state index contributed by atoms with van der Waals surface area (Å²) in [6.45, 7) is 0. The highest BCUT2D eigenvalue weighted by atomic mass is 15.0. The van der Waals surface area contributed by atoms with Gasteiger partial charge in [-0.3, -0.25) is 0 Å². The Balaban J connectivity index is 0.000000133. The molecule has 0 atom stereocenters. The first kappa shape index (κ1) is 67.5. The van der Waals surface area contributed by atoms with E-state index in [1.807, 2.05) is 0 Å². The van der Waals surface area contributed by atoms with Crippen LogP contribution in [0.2, 0.25) is 0 Å². The second-order valence-electron chi connectivity index (χ2n) is 32.1. The van der Waals surface area contributed by atoms with E-state index in [1.54, 1.807) is 0 Å². The quantitative estimate of drug-likeness (QED) is 0.130. The fraction of sp³-hybridized carbons (Fsp3) is 0. The van der Waals surface area contributed by atoms with Gasteiger partial charge in [-0.25, -0.2) is 0 Å². The Labute approximate surface area is 693 Å². The molecule has 0 N–H and O–H groups in total. The van der Waals surface area contributed by atoms with Gasteiger partial charge in [0.05, 0.1) is 44.1 Å². The van der Waals surface area contributed by atoms with Crippen molar-refractivity contribution in [2.75, 3.05) is 0 Å². The van der Waals surface area contributed by atoms with Gasteiger partial charge >= 0.3 is 0 Å². The van der Waals surface area contributed by atoms with Crippen molar-refractivity contribution in [2.45, 2.75) is 0 Å². The fourth-order valence-corrected chi connectivity index (χ4v) is 20.4. The number of hydrogen-bond acceptors (Lipinski definition) is 0. The number of hydrogen-bond donors (Lipinski definition) is 0. The van der Waals surface area contributed by atoms with Crippen LogP contribution in [0.5, 0.6) is 0 Å². The van der Waals surface area contributed by atoms with Gasteiger partial charge in [0, 0.05) is 65.8 Å². The van der Waals surface area contributed by atoms with E-state index < -0.39 is 0 Å². The molecule has 0 spiro atoms. The number of para-hydroxylation sites is 4. The van der Waals surface area contributed by atoms with Crippen molar-refractivity contribution in [2.24, 2.45) is 0 Å². The van der Waals surface area contributed by atoms with Gasteiger partial charge in [-0.2, -0.15) is 0 Å². The largest absolute Gasteiger partial charge is 0.309 e. The minimum absolute atomic E-state index is 1.15. The van der Waals surface area contributed by atoms with E-state index in [4.69, 9.17) is 0 Å². The maximum atomic E-state index is 2.44. The first-order valence-corrected chi connectivity index (χ1v) is 41.5. The van der Waals surface area contributed by atoms with Gasteiger partial charge in [0.2, 0.25) is 0 Å². The monoisotopic (exact) mass is 1520 g/mol. The molecule has 26 rings (SSSR count). The molecular weight excluding hydrogens is 1450 g/mol. The Morgan fingerprint density at radius 3 is 0.725 bits per heavy atom. The first-order valence-electron chi connectivity index (χ1n) is 41.5. The molecule has 0 saturated carbocycles. The molecule has 2 aliphatic carbocycles. The third-order valence-corrected chi connectivity index (χ3v) is 25.7. The van der Waals surface area contributed by atoms with Crippen LogP contribution in [0.25, 0.3) is 243 Å². The summed E-state index contributed by atoms with van der Waals surface area (Å²) in [5.74, 6) is 0. The lowest BCUT2D eigenvalue weighted by molar-refractivity contribution is 1.18. The summed E-state index contributed by atoms with van der Waals surface area (Å²) in [5.41, 5.74) is 39.5. The predicted molar refractivity (Wildman–Crippen MR) is 507 cm³/mol. The molecule has 0 aliphatic heterocycles. The summed E-state index contributed by atoms with van der Waals surface area (Å²) >= 11 is 0. The van der Waals surface area contributed by atoms with Crippen molar-refractivity contribution in [3.05, 3.63) is 437 Å². The first-order chi connectivity index (χ1) is 59.5. The van der Waals surface area contributed by atoms with Crippen LogP contribution in [-0.4, -0.2) is 18.3 Å². The molecule has 2 aliphatic rings. The zero-order valence-corrected chi connectivity index (χ0v) is 65.4. The number of aromatic nitrogens is 4. The lowest BCUT2D eigenvalue weighted by Gasteiger charge is -2.13. The van der Waals surface area contributed by atoms with Crippen LogP contribution in [0, 0.1) is 0 Å². The van der Waals surface area contributed by atoms with E-state index in [0.29, 0.717) is 0 Å². The summed E-state index contributed by atoms with van der Waals surface area (Å²) in [6.07, 6.45) is 0. The van der Waals surface area contributed by atoms with Crippen LogP contribution < -0.4 is 0 Å². The summed E-state index contributed by atoms with van der Waals surface area (Å²) in [5, 5.41) is 15.3. The summed E-state index contributed by atoms with van der Waals surface area (Å²) in [4.78, 5) is 0. The molecule has 556 valence electrons. The van der Waals surface area contributed by atoms with Gasteiger partial charge < -0.3 is 18.3 Å². The Hall–Kier alpha value is -15.9. The SMILES string of the molecule is c1ccc(-c2cccc(-n3c4ccccc4c4cc(-c5ccc6c(c5)c5ccccc5n6-c5ccc(-c6ccc7c8c(cccc68)-c6ccccc6-7)cc5)ccc43)c2)cc1.c1ccc(-c2cccc(-n3c4ccccc4c4cc(-c5ccc6c(c5)c5ccccc5n6-c5cccc(-c6ccc7c8c(cccc68)-c6ccccc6-7)c5)ccc43)c2)cc1. The third kappa shape index (κ3) is 10.4. The zero-order chi connectivity index (χ0) is 78.6. The van der Waals surface area contributed by atoms with Gasteiger partial charge in [0.15, 0.2) is 0 Å². The Kier molecular flexibility index (Phi) is 15.1. The van der Waals surface area contributed by atoms with Crippen molar-refractivity contribution in [1.29, 1.82) is 0 Å². The third-order valence-electron chi connectivity index (χ3n) is 25.7. The van der Waals surface area contributed by atoms with Crippen molar-refractivity contribution in [3.8, 4) is 134 Å². The maximum absolute atomic E-state index is 2.44. The second kappa shape index (κ2) is 26.9. The van der Waals surface area contributed by atoms with Crippen LogP contribution in [-0.2, 0) is 0 Å². The molecule has 0 radical (unpaired) electrons. The average molecular weight is 1520 g/mol. The van der Waals surface area contributed by atoms with Crippen LogP contribution in [0.15, 0.2) is 437 Å². The smallest absolute Gasteiger partial charge is 0.0541 e. The molecule has 4 aromatic heterocycles. The van der Waals surface area contributed by atoms with Crippen LogP contribution >= 0.6 is 0 Å². The normalized spacial score (nSPS) is 12.0. The van der Waals surface area contributed by atoms with E-state index in [0.717, 1.165) is 22.7 Å². The molecule has 0 amide bonds. The molecule has 24 aromatic rings. The fourth-order valence-electron chi connectivity index (χ4n) is 20.4. The molecule has 120 heavy (non-hydrogen) atoms. The lowest BCUT2D eigenvalue weighted by atomic mass is 9.94. The highest BCUT2D eigenvalue weighted by Crippen LogP contribution is 2.52. The van der Waals surface area contributed by atoms with Gasteiger partial charge in [-0.1, -0.05) is 315 Å². The number of rotatable bonds is 10. The van der Waals surface area contributed by atoms with Gasteiger partial charge in [0.25, 0.3) is 0 Å². The van der Waals surface area contributed by atoms with E-state index in [9.17, 15) is 0 Å². The molecule has 0 fully saturated rings. The molecule has 0 bridgehead atoms. The summed E-state index contributed by atoms with van der Waals surface area (Å²) < 4.78 is 9.68. The van der Waals surface area contributed by atoms with E-state index >= 15 is 0 Å². The highest BCUT2D eigenvalue weighted by Gasteiger charge is 2.27. The molecular formula is C116H72N4. The average Bonchev–Trinajstić information content (AvgIpc) is 1.58. The minimum Gasteiger partial charge on any atom is -0.309 e. The molecule has 4 heteroatoms. The summed E-state index contributed by atoms with van der Waals surface area (Å²) in [6, 6.07) is 161. The predicted octanol–water partition coefficient (Wildman–Crippen LogP) is 31.4. The topological polar surface area (TPSA) is 19.7 Å². The minimum atomic E-state index is 1.15. The van der Waals surface area contributed by atoms with Crippen molar-refractivity contribution < 1.29 is 0 Å². The van der Waals surface area contributed by atoms with Crippen LogP contribution in [0.4, 0.5) is 0 Å². The molecule has 0 unspecified atom stereocenters. The number of benzene rings is 20. The Morgan fingerprint density at radius 2 is 0.350 bits per heavy atom. The van der Waals surface area contributed by atoms with Crippen LogP contribution in [0.1, 0.15) is 0 Å². The van der Waals surface area contributed by atoms with E-state index in [1.165, 1.54) is 220 Å². The lowest BCUT2D eigenvalue weighted by Crippen LogP contribution is -1.95. The summed E-state index contributed by atoms with van der Waals surface area (Å²) in [7, 11) is 0. The van der Waals surface area contributed by atoms with E-state index in [-0.39, 0.29) is 0 Å². The van der Waals surface area contributed by atoms with Gasteiger partial charge in [0.1, 0.15) is 0 Å². The Bertz CT molecular complexity index is 8330. The maximum Gasteiger partial charge on any atom is 0.0541 e. The number of fused-ring (bicyclic) bond motifs is 18. The molecule has 4 heterocycles. The molecule has 0 saturated heterocycles. The molecule has 20 aromatic carbocycles. The standard InChI is InChI=1S/2C58H36N2/c1-2-13-37(14-3-1)38-15-10-17-42(33-38)59-54-25-8-6-21-47(54)52-35-39(27-31-56(52)59)40-28-32-57-53(36-40)48-22-7-9-26-55(48)60(57)43-18-11-16-41(34-43)44-29-30-51-46-20-5-4-19-45(46)50-24-12-23-49(44)58(50)51;1-2-12-37(13-3-1)39-14-10-15-43(34-39)60-55-23-9-7-19-48(55)53-36-41(27-33-57(53)60)40-26-32-56-52(35-40)47-18-6-8-22-54(47)59(56)42-28-24-38(25-29-42)44-30-31-51-46-17-5-4-16-45(46)50-21-11-20-49(44)58(50)51/h2*1-36H. The van der Waals surface area contributed by atoms with Crippen molar-refractivity contribution in [1.82, 2.24) is 18.3 Å². The van der Waals surface area contributed by atoms with Crippen LogP contribution in [0.3, 0.4) is 0 Å². The van der Waals surface area contributed by atoms with Gasteiger partial charge in [-0.05, 0) is 254 Å². The number of nitrogens with zero attached hydrogens (tertiary/aromatic N) is 4. The van der Waals surface area contributed by atoms with Crippen molar-refractivity contribution in [3.63, 3.8) is 0 Å². The van der Waals surface area contributed by atoms with E-state index in [2.05, 4.69) is 455 Å². The highest BCUT2D eigenvalue weighted by molar-refractivity contribution is 6.22. The van der Waals surface area contributed by atoms with Crippen molar-refractivity contribution >= 4 is 109 Å². The Morgan fingerprint density at radius 1 is 0.108 bits per heavy atom. The second-order valence-corrected chi connectivity index (χ2v) is 32.1. The molecule has 4 nitrogen and oxygen atoms in total. The van der Waals surface area contributed by atoms with Gasteiger partial charge in [-0.15, -0.1) is 0 Å².